The number of rotatable bonds is 6. The standard InChI is InChI=1S/2C9H13.2ClH.Hf/c2*1-3-8-5-6-9(4-2)7-8;;;/h2*5-7H,3-4H2,1-2H3;2*1H;/q;;;;+2/p-2. The average molecular weight is 492 g/mol. The molecule has 0 aromatic rings. The van der Waals surface area contributed by atoms with Crippen molar-refractivity contribution in [1.82, 2.24) is 0 Å². The van der Waals surface area contributed by atoms with E-state index in [2.05, 4.69) is 64.2 Å². The topological polar surface area (TPSA) is 0 Å². The predicted molar refractivity (Wildman–Crippen MR) is 81.0 cm³/mol. The number of halogens is 2. The van der Waals surface area contributed by atoms with E-state index in [1.807, 2.05) is 0 Å². The molecular formula is C18H26Cl2Hf. The minimum atomic E-state index is -0.853. The van der Waals surface area contributed by atoms with Crippen LogP contribution in [0.5, 0.6) is 0 Å². The largest absolute Gasteiger partial charge is 1.00 e. The molecule has 0 aliphatic heterocycles. The molecule has 0 radical (unpaired) electrons. The van der Waals surface area contributed by atoms with Crippen molar-refractivity contribution in [1.29, 1.82) is 0 Å². The molecule has 0 saturated heterocycles. The zero-order chi connectivity index (χ0) is 13.9. The zero-order valence-corrected chi connectivity index (χ0v) is 18.7. The summed E-state index contributed by atoms with van der Waals surface area (Å²) in [6.45, 7) is 9.30. The van der Waals surface area contributed by atoms with Crippen molar-refractivity contribution in [2.45, 2.75) is 59.7 Å². The summed E-state index contributed by atoms with van der Waals surface area (Å²) >= 11 is -0.853. The van der Waals surface area contributed by atoms with Crippen LogP contribution in [0.2, 0.25) is 6.34 Å². The average Bonchev–Trinajstić information content (AvgIpc) is 3.04. The Balaban J connectivity index is 0.00000200. The van der Waals surface area contributed by atoms with Gasteiger partial charge >= 0.3 is 130 Å². The molecule has 0 saturated carbocycles. The van der Waals surface area contributed by atoms with E-state index in [-0.39, 0.29) is 24.8 Å². The van der Waals surface area contributed by atoms with Gasteiger partial charge in [-0.2, -0.15) is 0 Å². The fourth-order valence-electron chi connectivity index (χ4n) is 3.01. The van der Waals surface area contributed by atoms with Gasteiger partial charge < -0.3 is 24.8 Å². The van der Waals surface area contributed by atoms with Crippen molar-refractivity contribution >= 4 is 0 Å². The van der Waals surface area contributed by atoms with Crippen LogP contribution in [-0.4, -0.2) is 0 Å². The van der Waals surface area contributed by atoms with Crippen molar-refractivity contribution in [3.8, 4) is 0 Å². The van der Waals surface area contributed by atoms with Crippen LogP contribution >= 0.6 is 0 Å². The normalized spacial score (nSPS) is 29.3. The van der Waals surface area contributed by atoms with Gasteiger partial charge in [0.25, 0.3) is 0 Å². The summed E-state index contributed by atoms with van der Waals surface area (Å²) in [6, 6.07) is 0. The Morgan fingerprint density at radius 3 is 1.38 bits per heavy atom. The number of hydrogen-bond donors (Lipinski definition) is 0. The maximum Gasteiger partial charge on any atom is -1.00 e. The Labute approximate surface area is 154 Å². The summed E-state index contributed by atoms with van der Waals surface area (Å²) in [5.41, 5.74) is 3.12. The van der Waals surface area contributed by atoms with Gasteiger partial charge in [-0.25, -0.2) is 0 Å². The molecule has 0 bridgehead atoms. The molecule has 2 atom stereocenters. The van der Waals surface area contributed by atoms with Crippen LogP contribution < -0.4 is 24.8 Å². The monoisotopic (exact) mass is 492 g/mol. The predicted octanol–water partition coefficient (Wildman–Crippen LogP) is 0.0267. The molecule has 2 aliphatic carbocycles. The number of allylic oxidation sites excluding steroid dienone is 8. The van der Waals surface area contributed by atoms with E-state index < -0.39 is 22.9 Å². The maximum absolute atomic E-state index is 2.61. The number of hydrogen-bond acceptors (Lipinski definition) is 0. The van der Waals surface area contributed by atoms with Crippen LogP contribution in [-0.2, 0) is 22.9 Å². The van der Waals surface area contributed by atoms with Gasteiger partial charge in [0.15, 0.2) is 0 Å². The van der Waals surface area contributed by atoms with E-state index in [9.17, 15) is 0 Å². The van der Waals surface area contributed by atoms with Gasteiger partial charge in [-0.05, 0) is 0 Å². The van der Waals surface area contributed by atoms with Gasteiger partial charge in [-0.1, -0.05) is 0 Å². The first kappa shape index (κ1) is 21.4. The smallest absolute Gasteiger partial charge is 1.00 e. The summed E-state index contributed by atoms with van der Waals surface area (Å²) in [5.74, 6) is 0. The fraction of sp³-hybridized carbons (Fsp3) is 0.556. The molecule has 2 aliphatic rings. The molecule has 0 amide bonds. The van der Waals surface area contributed by atoms with E-state index in [0.717, 1.165) is 0 Å². The quantitative estimate of drug-likeness (QED) is 0.460. The summed E-state index contributed by atoms with van der Waals surface area (Å²) < 4.78 is 0.955. The molecule has 0 spiro atoms. The molecule has 0 fully saturated rings. The van der Waals surface area contributed by atoms with Gasteiger partial charge in [-0.3, -0.25) is 0 Å². The van der Waals surface area contributed by atoms with Crippen LogP contribution in [0.15, 0.2) is 47.6 Å². The third-order valence-electron chi connectivity index (χ3n) is 4.53. The zero-order valence-electron chi connectivity index (χ0n) is 13.5. The fourth-order valence-corrected chi connectivity index (χ4v) is 10.4. The van der Waals surface area contributed by atoms with Gasteiger partial charge in [-0.15, -0.1) is 0 Å². The van der Waals surface area contributed by atoms with E-state index in [1.54, 1.807) is 11.1 Å². The summed E-state index contributed by atoms with van der Waals surface area (Å²) in [6.07, 6.45) is 20.0. The van der Waals surface area contributed by atoms with E-state index >= 15 is 0 Å². The van der Waals surface area contributed by atoms with Crippen LogP contribution in [0.25, 0.3) is 0 Å². The van der Waals surface area contributed by atoms with Crippen molar-refractivity contribution in [3.63, 3.8) is 0 Å². The Hall–Kier alpha value is 0.410. The summed E-state index contributed by atoms with van der Waals surface area (Å²) in [4.78, 5) is 0. The molecule has 0 N–H and O–H groups in total. The molecule has 0 heterocycles. The first-order valence-electron chi connectivity index (χ1n) is 7.72. The van der Waals surface area contributed by atoms with Crippen LogP contribution in [0.4, 0.5) is 0 Å². The Kier molecular flexibility index (Phi) is 9.06. The molecule has 116 valence electrons. The summed E-state index contributed by atoms with van der Waals surface area (Å²) in [5, 5.41) is 0. The minimum Gasteiger partial charge on any atom is -1.00 e. The third-order valence-corrected chi connectivity index (χ3v) is 12.6. The second-order valence-electron chi connectivity index (χ2n) is 5.73. The molecule has 0 nitrogen and oxygen atoms in total. The third kappa shape index (κ3) is 4.69. The molecule has 2 unspecified atom stereocenters. The molecule has 0 aromatic heterocycles. The first-order valence-corrected chi connectivity index (χ1v) is 11.3. The van der Waals surface area contributed by atoms with Gasteiger partial charge in [0.1, 0.15) is 0 Å². The van der Waals surface area contributed by atoms with Gasteiger partial charge in [0, 0.05) is 0 Å². The molecule has 3 heteroatoms. The Bertz CT molecular complexity index is 420. The van der Waals surface area contributed by atoms with Crippen LogP contribution in [0, 0.1) is 0 Å². The molecule has 21 heavy (non-hydrogen) atoms. The Morgan fingerprint density at radius 2 is 1.14 bits per heavy atom. The maximum atomic E-state index is 2.61. The van der Waals surface area contributed by atoms with Crippen LogP contribution in [0.1, 0.15) is 53.4 Å². The van der Waals surface area contributed by atoms with Crippen molar-refractivity contribution in [3.05, 3.63) is 47.6 Å². The van der Waals surface area contributed by atoms with Crippen LogP contribution in [0.3, 0.4) is 0 Å². The Morgan fingerprint density at radius 1 is 0.762 bits per heavy atom. The second kappa shape index (κ2) is 8.89. The first-order chi connectivity index (χ1) is 9.11. The summed E-state index contributed by atoms with van der Waals surface area (Å²) in [7, 11) is 0. The van der Waals surface area contributed by atoms with Crippen molar-refractivity contribution in [2.24, 2.45) is 0 Å². The van der Waals surface area contributed by atoms with Gasteiger partial charge in [0.05, 0.1) is 0 Å². The van der Waals surface area contributed by atoms with E-state index in [1.165, 1.54) is 25.7 Å². The molecule has 2 rings (SSSR count). The van der Waals surface area contributed by atoms with E-state index in [0.29, 0.717) is 6.34 Å². The second-order valence-corrected chi connectivity index (χ2v) is 13.3. The van der Waals surface area contributed by atoms with Gasteiger partial charge in [0.2, 0.25) is 0 Å². The minimum absolute atomic E-state index is 0. The van der Waals surface area contributed by atoms with Crippen molar-refractivity contribution < 1.29 is 47.7 Å². The molecular weight excluding hydrogens is 466 g/mol. The van der Waals surface area contributed by atoms with E-state index in [4.69, 9.17) is 0 Å². The molecule has 0 aromatic carbocycles. The van der Waals surface area contributed by atoms with Crippen molar-refractivity contribution in [2.75, 3.05) is 0 Å². The SMILES string of the molecule is CCC1=C[C](CC)([Hf+2][C]2(CC)C=CC(CC)=C2)C=C1.[Cl-].[Cl-].